The average molecular weight is 271 g/mol. The third kappa shape index (κ3) is 2.22. The first kappa shape index (κ1) is 13.2. The maximum atomic E-state index is 4.86. The van der Waals surface area contributed by atoms with Gasteiger partial charge in [-0.15, -0.1) is 0 Å². The third-order valence-corrected chi connectivity index (χ3v) is 4.02. The maximum absolute atomic E-state index is 4.86. The standard InChI is InChI=1S/C15H21N5/c1-4-10(2)20-14-5-6-16-9-13(14)15(19-20)12-7-17-11(3)18-8-12/h7-8,10,16H,4-6,9H2,1-3H3. The molecule has 1 unspecified atom stereocenters. The fourth-order valence-electron chi connectivity index (χ4n) is 2.66. The van der Waals surface area contributed by atoms with Crippen molar-refractivity contribution in [3.63, 3.8) is 0 Å². The molecule has 5 nitrogen and oxygen atoms in total. The highest BCUT2D eigenvalue weighted by atomic mass is 15.3. The summed E-state index contributed by atoms with van der Waals surface area (Å²) in [6.45, 7) is 8.24. The van der Waals surface area contributed by atoms with Gasteiger partial charge in [0.15, 0.2) is 0 Å². The SMILES string of the molecule is CCC(C)n1nc(-c2cnc(C)nc2)c2c1CCNC2. The van der Waals surface area contributed by atoms with Gasteiger partial charge < -0.3 is 5.32 Å². The number of rotatable bonds is 3. The Morgan fingerprint density at radius 3 is 2.80 bits per heavy atom. The average Bonchev–Trinajstić information content (AvgIpc) is 2.87. The summed E-state index contributed by atoms with van der Waals surface area (Å²) in [5.41, 5.74) is 4.72. The van der Waals surface area contributed by atoms with Crippen LogP contribution in [0.3, 0.4) is 0 Å². The molecule has 1 atom stereocenters. The van der Waals surface area contributed by atoms with Gasteiger partial charge in [-0.1, -0.05) is 6.92 Å². The zero-order valence-corrected chi connectivity index (χ0v) is 12.3. The second-order valence-electron chi connectivity index (χ2n) is 5.42. The molecule has 3 rings (SSSR count). The van der Waals surface area contributed by atoms with Crippen molar-refractivity contribution < 1.29 is 0 Å². The molecule has 2 aromatic rings. The van der Waals surface area contributed by atoms with Crippen molar-refractivity contribution in [2.75, 3.05) is 6.54 Å². The highest BCUT2D eigenvalue weighted by Gasteiger charge is 2.23. The van der Waals surface area contributed by atoms with Crippen molar-refractivity contribution in [2.45, 2.75) is 46.2 Å². The molecule has 1 aliphatic heterocycles. The normalized spacial score (nSPS) is 15.9. The number of hydrogen-bond acceptors (Lipinski definition) is 4. The van der Waals surface area contributed by atoms with Crippen LogP contribution in [0.15, 0.2) is 12.4 Å². The molecule has 0 aliphatic carbocycles. The summed E-state index contributed by atoms with van der Waals surface area (Å²) >= 11 is 0. The summed E-state index contributed by atoms with van der Waals surface area (Å²) in [5, 5.41) is 8.30. The van der Waals surface area contributed by atoms with Gasteiger partial charge in [-0.05, 0) is 20.3 Å². The largest absolute Gasteiger partial charge is 0.312 e. The Bertz CT molecular complexity index is 599. The molecule has 0 saturated heterocycles. The van der Waals surface area contributed by atoms with E-state index in [1.807, 2.05) is 19.3 Å². The van der Waals surface area contributed by atoms with Crippen LogP contribution in [0, 0.1) is 6.92 Å². The lowest BCUT2D eigenvalue weighted by Crippen LogP contribution is -2.25. The number of fused-ring (bicyclic) bond motifs is 1. The quantitative estimate of drug-likeness (QED) is 0.930. The summed E-state index contributed by atoms with van der Waals surface area (Å²) in [5.74, 6) is 0.794. The second-order valence-corrected chi connectivity index (χ2v) is 5.42. The van der Waals surface area contributed by atoms with E-state index in [0.29, 0.717) is 6.04 Å². The Balaban J connectivity index is 2.11. The second kappa shape index (κ2) is 5.32. The van der Waals surface area contributed by atoms with Crippen LogP contribution in [0.1, 0.15) is 43.4 Å². The Kier molecular flexibility index (Phi) is 3.53. The molecule has 0 bridgehead atoms. The van der Waals surface area contributed by atoms with Gasteiger partial charge in [-0.25, -0.2) is 9.97 Å². The summed E-state index contributed by atoms with van der Waals surface area (Å²) in [6, 6.07) is 0.432. The van der Waals surface area contributed by atoms with Gasteiger partial charge in [0.25, 0.3) is 0 Å². The minimum Gasteiger partial charge on any atom is -0.312 e. The number of nitrogens with zero attached hydrogens (tertiary/aromatic N) is 4. The molecule has 20 heavy (non-hydrogen) atoms. The molecule has 5 heteroatoms. The molecular weight excluding hydrogens is 250 g/mol. The molecular formula is C15H21N5. The van der Waals surface area contributed by atoms with Crippen LogP contribution in [0.4, 0.5) is 0 Å². The lowest BCUT2D eigenvalue weighted by atomic mass is 10.0. The first-order valence-corrected chi connectivity index (χ1v) is 7.30. The van der Waals surface area contributed by atoms with Crippen molar-refractivity contribution in [1.82, 2.24) is 25.1 Å². The summed E-state index contributed by atoms with van der Waals surface area (Å²) in [7, 11) is 0. The number of nitrogens with one attached hydrogen (secondary N) is 1. The fraction of sp³-hybridized carbons (Fsp3) is 0.533. The van der Waals surface area contributed by atoms with Crippen LogP contribution >= 0.6 is 0 Å². The molecule has 3 heterocycles. The molecule has 0 saturated carbocycles. The van der Waals surface area contributed by atoms with E-state index in [1.54, 1.807) is 0 Å². The van der Waals surface area contributed by atoms with E-state index >= 15 is 0 Å². The molecule has 0 amide bonds. The highest BCUT2D eigenvalue weighted by Crippen LogP contribution is 2.29. The fourth-order valence-corrected chi connectivity index (χ4v) is 2.66. The van der Waals surface area contributed by atoms with Gasteiger partial charge in [0, 0.05) is 54.8 Å². The van der Waals surface area contributed by atoms with Crippen molar-refractivity contribution in [3.05, 3.63) is 29.5 Å². The summed E-state index contributed by atoms with van der Waals surface area (Å²) in [4.78, 5) is 8.60. The first-order valence-electron chi connectivity index (χ1n) is 7.30. The molecule has 106 valence electrons. The lowest BCUT2D eigenvalue weighted by Gasteiger charge is -2.18. The number of aromatic nitrogens is 4. The Hall–Kier alpha value is -1.75. The van der Waals surface area contributed by atoms with E-state index < -0.39 is 0 Å². The topological polar surface area (TPSA) is 55.6 Å². The van der Waals surface area contributed by atoms with E-state index in [4.69, 9.17) is 5.10 Å². The maximum Gasteiger partial charge on any atom is 0.125 e. The van der Waals surface area contributed by atoms with Crippen LogP contribution in [0.25, 0.3) is 11.3 Å². The molecule has 0 fully saturated rings. The van der Waals surface area contributed by atoms with Gasteiger partial charge in [-0.3, -0.25) is 4.68 Å². The molecule has 0 radical (unpaired) electrons. The monoisotopic (exact) mass is 271 g/mol. The van der Waals surface area contributed by atoms with Crippen molar-refractivity contribution in [3.8, 4) is 11.3 Å². The van der Waals surface area contributed by atoms with Crippen LogP contribution < -0.4 is 5.32 Å². The van der Waals surface area contributed by atoms with Crippen molar-refractivity contribution in [1.29, 1.82) is 0 Å². The van der Waals surface area contributed by atoms with Gasteiger partial charge in [0.05, 0.1) is 0 Å². The van der Waals surface area contributed by atoms with Crippen molar-refractivity contribution in [2.24, 2.45) is 0 Å². The molecule has 1 aliphatic rings. The molecule has 0 spiro atoms. The summed E-state index contributed by atoms with van der Waals surface area (Å²) in [6.07, 6.45) is 5.88. The molecule has 0 aromatic carbocycles. The highest BCUT2D eigenvalue weighted by molar-refractivity contribution is 5.62. The van der Waals surface area contributed by atoms with Crippen LogP contribution in [-0.4, -0.2) is 26.3 Å². The van der Waals surface area contributed by atoms with Crippen molar-refractivity contribution >= 4 is 0 Å². The van der Waals surface area contributed by atoms with E-state index in [2.05, 4.69) is 33.8 Å². The predicted molar refractivity (Wildman–Crippen MR) is 78.4 cm³/mol. The van der Waals surface area contributed by atoms with E-state index in [-0.39, 0.29) is 0 Å². The van der Waals surface area contributed by atoms with Gasteiger partial charge >= 0.3 is 0 Å². The Morgan fingerprint density at radius 2 is 2.10 bits per heavy atom. The summed E-state index contributed by atoms with van der Waals surface area (Å²) < 4.78 is 2.20. The first-order chi connectivity index (χ1) is 9.70. The zero-order valence-electron chi connectivity index (χ0n) is 12.3. The van der Waals surface area contributed by atoms with Gasteiger partial charge in [0.1, 0.15) is 11.5 Å². The van der Waals surface area contributed by atoms with Gasteiger partial charge in [0.2, 0.25) is 0 Å². The minimum absolute atomic E-state index is 0.432. The predicted octanol–water partition coefficient (Wildman–Crippen LogP) is 2.27. The van der Waals surface area contributed by atoms with E-state index in [9.17, 15) is 0 Å². The minimum atomic E-state index is 0.432. The lowest BCUT2D eigenvalue weighted by molar-refractivity contribution is 0.451. The molecule has 1 N–H and O–H groups in total. The van der Waals surface area contributed by atoms with E-state index in [1.165, 1.54) is 11.3 Å². The van der Waals surface area contributed by atoms with Crippen LogP contribution in [-0.2, 0) is 13.0 Å². The van der Waals surface area contributed by atoms with Crippen LogP contribution in [0.5, 0.6) is 0 Å². The zero-order chi connectivity index (χ0) is 14.1. The van der Waals surface area contributed by atoms with Gasteiger partial charge in [-0.2, -0.15) is 5.10 Å². The smallest absolute Gasteiger partial charge is 0.125 e. The number of aryl methyl sites for hydroxylation is 1. The number of hydrogen-bond donors (Lipinski definition) is 1. The third-order valence-electron chi connectivity index (χ3n) is 4.02. The Labute approximate surface area is 119 Å². The van der Waals surface area contributed by atoms with E-state index in [0.717, 1.165) is 43.0 Å². The molecule has 2 aromatic heterocycles. The Morgan fingerprint density at radius 1 is 1.35 bits per heavy atom. The van der Waals surface area contributed by atoms with Crippen LogP contribution in [0.2, 0.25) is 0 Å².